The minimum atomic E-state index is -0.388. The van der Waals surface area contributed by atoms with Crippen LogP contribution in [0.3, 0.4) is 0 Å². The summed E-state index contributed by atoms with van der Waals surface area (Å²) in [4.78, 5) is 25.6. The second-order valence-corrected chi connectivity index (χ2v) is 6.08. The molecule has 0 atom stereocenters. The van der Waals surface area contributed by atoms with Crippen LogP contribution in [0, 0.1) is 12.8 Å². The molecule has 0 spiro atoms. The number of hydrogen-bond donors (Lipinski definition) is 0. The van der Waals surface area contributed by atoms with Crippen molar-refractivity contribution in [3.63, 3.8) is 0 Å². The highest BCUT2D eigenvalue weighted by atomic mass is 35.5. The molecule has 0 N–H and O–H groups in total. The van der Waals surface area contributed by atoms with Crippen LogP contribution in [0.25, 0.3) is 0 Å². The van der Waals surface area contributed by atoms with Gasteiger partial charge in [0.15, 0.2) is 6.61 Å². The standard InChI is InChI=1S/C17H22ClNO4/c1-3-22-17(21)10-19(9-13-7-8-13)16(20)11-23-15-6-4-5-14(18)12(15)2/h4-6,13H,3,7-11H2,1-2H3. The van der Waals surface area contributed by atoms with Crippen LogP contribution in [0.15, 0.2) is 18.2 Å². The average Bonchev–Trinajstić information content (AvgIpc) is 3.32. The van der Waals surface area contributed by atoms with Crippen LogP contribution in [0.1, 0.15) is 25.3 Å². The molecule has 1 aromatic rings. The van der Waals surface area contributed by atoms with Gasteiger partial charge in [0.2, 0.25) is 0 Å². The van der Waals surface area contributed by atoms with Crippen molar-refractivity contribution in [2.24, 2.45) is 5.92 Å². The van der Waals surface area contributed by atoms with Gasteiger partial charge in [-0.2, -0.15) is 0 Å². The number of hydrogen-bond acceptors (Lipinski definition) is 4. The number of amides is 1. The van der Waals surface area contributed by atoms with Gasteiger partial charge in [0.05, 0.1) is 6.61 Å². The molecule has 126 valence electrons. The predicted molar refractivity (Wildman–Crippen MR) is 87.6 cm³/mol. The first kappa shape index (κ1) is 17.6. The fourth-order valence-corrected chi connectivity index (χ4v) is 2.37. The Morgan fingerprint density at radius 2 is 2.09 bits per heavy atom. The number of rotatable bonds is 8. The highest BCUT2D eigenvalue weighted by Gasteiger charge is 2.28. The monoisotopic (exact) mass is 339 g/mol. The summed E-state index contributed by atoms with van der Waals surface area (Å²) < 4.78 is 10.5. The predicted octanol–water partition coefficient (Wildman–Crippen LogP) is 2.83. The number of benzene rings is 1. The van der Waals surface area contributed by atoms with E-state index in [0.29, 0.717) is 29.8 Å². The van der Waals surface area contributed by atoms with E-state index in [1.54, 1.807) is 25.1 Å². The first-order chi connectivity index (χ1) is 11.0. The summed E-state index contributed by atoms with van der Waals surface area (Å²) in [5.74, 6) is 0.458. The van der Waals surface area contributed by atoms with Gasteiger partial charge in [-0.25, -0.2) is 0 Å². The maximum atomic E-state index is 12.4. The zero-order valence-corrected chi connectivity index (χ0v) is 14.3. The molecule has 0 radical (unpaired) electrons. The lowest BCUT2D eigenvalue weighted by Crippen LogP contribution is -2.40. The zero-order chi connectivity index (χ0) is 16.8. The lowest BCUT2D eigenvalue weighted by atomic mass is 10.2. The molecule has 23 heavy (non-hydrogen) atoms. The zero-order valence-electron chi connectivity index (χ0n) is 13.5. The van der Waals surface area contributed by atoms with E-state index in [1.165, 1.54) is 4.90 Å². The quantitative estimate of drug-likeness (QED) is 0.683. The number of ether oxygens (including phenoxy) is 2. The van der Waals surface area contributed by atoms with Gasteiger partial charge in [-0.3, -0.25) is 9.59 Å². The van der Waals surface area contributed by atoms with Crippen molar-refractivity contribution in [3.05, 3.63) is 28.8 Å². The molecule has 1 fully saturated rings. The molecule has 0 aliphatic heterocycles. The van der Waals surface area contributed by atoms with Gasteiger partial charge in [0, 0.05) is 17.1 Å². The third-order valence-corrected chi connectivity index (χ3v) is 4.13. The van der Waals surface area contributed by atoms with E-state index in [4.69, 9.17) is 21.1 Å². The SMILES string of the molecule is CCOC(=O)CN(CC1CC1)C(=O)COc1cccc(Cl)c1C. The summed E-state index contributed by atoms with van der Waals surface area (Å²) in [6.07, 6.45) is 2.20. The van der Waals surface area contributed by atoms with Gasteiger partial charge < -0.3 is 14.4 Å². The van der Waals surface area contributed by atoms with Crippen LogP contribution < -0.4 is 4.74 Å². The molecular weight excluding hydrogens is 318 g/mol. The fraction of sp³-hybridized carbons (Fsp3) is 0.529. The summed E-state index contributed by atoms with van der Waals surface area (Å²) in [6, 6.07) is 5.31. The van der Waals surface area contributed by atoms with Crippen LogP contribution in [0.2, 0.25) is 5.02 Å². The minimum absolute atomic E-state index is 0.0267. The summed E-state index contributed by atoms with van der Waals surface area (Å²) in [7, 11) is 0. The number of carbonyl (C=O) groups is 2. The van der Waals surface area contributed by atoms with E-state index < -0.39 is 0 Å². The summed E-state index contributed by atoms with van der Waals surface area (Å²) in [5, 5.41) is 0.594. The Kier molecular flexibility index (Phi) is 6.28. The molecule has 5 nitrogen and oxygen atoms in total. The highest BCUT2D eigenvalue weighted by molar-refractivity contribution is 6.31. The molecule has 1 amide bonds. The number of nitrogens with zero attached hydrogens (tertiary/aromatic N) is 1. The smallest absolute Gasteiger partial charge is 0.325 e. The summed E-state index contributed by atoms with van der Waals surface area (Å²) in [5.41, 5.74) is 0.793. The van der Waals surface area contributed by atoms with Crippen molar-refractivity contribution < 1.29 is 19.1 Å². The maximum absolute atomic E-state index is 12.4. The highest BCUT2D eigenvalue weighted by Crippen LogP contribution is 2.30. The second-order valence-electron chi connectivity index (χ2n) is 5.67. The van der Waals surface area contributed by atoms with Crippen molar-refractivity contribution in [3.8, 4) is 5.75 Å². The maximum Gasteiger partial charge on any atom is 0.325 e. The third-order valence-electron chi connectivity index (χ3n) is 3.72. The molecule has 0 aromatic heterocycles. The molecule has 2 rings (SSSR count). The minimum Gasteiger partial charge on any atom is -0.483 e. The van der Waals surface area contributed by atoms with Crippen molar-refractivity contribution >= 4 is 23.5 Å². The molecule has 1 aliphatic rings. The van der Waals surface area contributed by atoms with Gasteiger partial charge in [-0.1, -0.05) is 17.7 Å². The largest absolute Gasteiger partial charge is 0.483 e. The molecule has 0 bridgehead atoms. The molecule has 0 saturated heterocycles. The topological polar surface area (TPSA) is 55.8 Å². The molecule has 6 heteroatoms. The third kappa shape index (κ3) is 5.43. The van der Waals surface area contributed by atoms with Crippen LogP contribution >= 0.6 is 11.6 Å². The van der Waals surface area contributed by atoms with Gasteiger partial charge in [0.1, 0.15) is 12.3 Å². The Bertz CT molecular complexity index is 572. The summed E-state index contributed by atoms with van der Waals surface area (Å²) in [6.45, 7) is 4.32. The molecule has 1 aromatic carbocycles. The number of carbonyl (C=O) groups excluding carboxylic acids is 2. The number of esters is 1. The molecule has 1 saturated carbocycles. The van der Waals surface area contributed by atoms with E-state index in [9.17, 15) is 9.59 Å². The van der Waals surface area contributed by atoms with Gasteiger partial charge >= 0.3 is 5.97 Å². The van der Waals surface area contributed by atoms with E-state index in [1.807, 2.05) is 6.92 Å². The van der Waals surface area contributed by atoms with E-state index in [2.05, 4.69) is 0 Å². The Labute approximate surface area is 141 Å². The van der Waals surface area contributed by atoms with Crippen molar-refractivity contribution in [1.82, 2.24) is 4.90 Å². The van der Waals surface area contributed by atoms with Crippen LogP contribution in [0.4, 0.5) is 0 Å². The van der Waals surface area contributed by atoms with Crippen molar-refractivity contribution in [1.29, 1.82) is 0 Å². The first-order valence-electron chi connectivity index (χ1n) is 7.82. The Hall–Kier alpha value is -1.75. The van der Waals surface area contributed by atoms with Crippen LogP contribution in [0.5, 0.6) is 5.75 Å². The van der Waals surface area contributed by atoms with Gasteiger partial charge in [-0.15, -0.1) is 0 Å². The van der Waals surface area contributed by atoms with E-state index >= 15 is 0 Å². The van der Waals surface area contributed by atoms with Crippen LogP contribution in [-0.4, -0.2) is 43.1 Å². The lowest BCUT2D eigenvalue weighted by Gasteiger charge is -2.22. The molecule has 0 heterocycles. The normalized spacial score (nSPS) is 13.5. The number of halogens is 1. The van der Waals surface area contributed by atoms with Gasteiger partial charge in [0.25, 0.3) is 5.91 Å². The second kappa shape index (κ2) is 8.20. The van der Waals surface area contributed by atoms with E-state index in [-0.39, 0.29) is 25.0 Å². The van der Waals surface area contributed by atoms with E-state index in [0.717, 1.165) is 18.4 Å². The Morgan fingerprint density at radius 1 is 1.35 bits per heavy atom. The molecule has 0 unspecified atom stereocenters. The van der Waals surface area contributed by atoms with Crippen molar-refractivity contribution in [2.45, 2.75) is 26.7 Å². The first-order valence-corrected chi connectivity index (χ1v) is 8.20. The Morgan fingerprint density at radius 3 is 2.74 bits per heavy atom. The summed E-state index contributed by atoms with van der Waals surface area (Å²) >= 11 is 6.04. The van der Waals surface area contributed by atoms with Gasteiger partial charge in [-0.05, 0) is 44.7 Å². The molecule has 1 aliphatic carbocycles. The fourth-order valence-electron chi connectivity index (χ4n) is 2.20. The average molecular weight is 340 g/mol. The Balaban J connectivity index is 1.93. The lowest BCUT2D eigenvalue weighted by molar-refractivity contribution is -0.149. The van der Waals surface area contributed by atoms with Crippen molar-refractivity contribution in [2.75, 3.05) is 26.3 Å². The molecular formula is C17H22ClNO4. The van der Waals surface area contributed by atoms with Crippen LogP contribution in [-0.2, 0) is 14.3 Å².